The Morgan fingerprint density at radius 2 is 1.65 bits per heavy atom. The summed E-state index contributed by atoms with van der Waals surface area (Å²) in [6, 6.07) is 0.930. The topological polar surface area (TPSA) is 95.7 Å². The molecule has 0 radical (unpaired) electrons. The molecule has 2 fully saturated rings. The van der Waals surface area contributed by atoms with Gasteiger partial charge in [0.1, 0.15) is 12.2 Å². The van der Waals surface area contributed by atoms with Crippen molar-refractivity contribution in [1.82, 2.24) is 10.2 Å². The van der Waals surface area contributed by atoms with Gasteiger partial charge in [0.2, 0.25) is 11.8 Å². The molecule has 1 saturated carbocycles. The summed E-state index contributed by atoms with van der Waals surface area (Å²) < 4.78 is 40.3. The molecule has 4 N–H and O–H groups in total. The first-order valence-electron chi connectivity index (χ1n) is 10.9. The molecule has 0 spiro atoms. The van der Waals surface area contributed by atoms with Crippen molar-refractivity contribution in [3.05, 3.63) is 35.1 Å². The molecule has 1 aromatic rings. The molecule has 9 heteroatoms. The molecular formula is C22H30F3N3O3. The smallest absolute Gasteiger partial charge is 0.232 e. The molecule has 2 amide bonds. The van der Waals surface area contributed by atoms with Crippen molar-refractivity contribution in [3.63, 3.8) is 0 Å². The predicted octanol–water partition coefficient (Wildman–Crippen LogP) is 2.02. The van der Waals surface area contributed by atoms with Crippen LogP contribution in [0.15, 0.2) is 12.1 Å². The molecule has 0 aromatic heterocycles. The lowest BCUT2D eigenvalue weighted by Crippen LogP contribution is -2.46. The molecule has 0 unspecified atom stereocenters. The fourth-order valence-electron chi connectivity index (χ4n) is 4.47. The normalized spacial score (nSPS) is 23.5. The number of amides is 2. The molecule has 1 aliphatic heterocycles. The van der Waals surface area contributed by atoms with Gasteiger partial charge in [-0.25, -0.2) is 13.2 Å². The van der Waals surface area contributed by atoms with E-state index in [1.807, 2.05) is 0 Å². The van der Waals surface area contributed by atoms with E-state index in [0.717, 1.165) is 6.07 Å². The number of hydrogen-bond acceptors (Lipinski definition) is 4. The number of piperidine rings is 1. The maximum atomic E-state index is 13.9. The zero-order valence-electron chi connectivity index (χ0n) is 17.5. The van der Waals surface area contributed by atoms with Crippen LogP contribution in [0.1, 0.15) is 50.5 Å². The first-order chi connectivity index (χ1) is 14.7. The second kappa shape index (κ2) is 10.5. The Morgan fingerprint density at radius 1 is 1.03 bits per heavy atom. The minimum Gasteiger partial charge on any atom is -0.393 e. The van der Waals surface area contributed by atoms with E-state index < -0.39 is 23.5 Å². The van der Waals surface area contributed by atoms with Gasteiger partial charge < -0.3 is 21.1 Å². The Morgan fingerprint density at radius 3 is 2.29 bits per heavy atom. The van der Waals surface area contributed by atoms with Crippen LogP contribution in [0.2, 0.25) is 0 Å². The van der Waals surface area contributed by atoms with E-state index in [9.17, 15) is 27.9 Å². The van der Waals surface area contributed by atoms with E-state index in [1.54, 1.807) is 4.90 Å². The van der Waals surface area contributed by atoms with Crippen molar-refractivity contribution in [1.29, 1.82) is 0 Å². The number of benzene rings is 1. The largest absolute Gasteiger partial charge is 0.393 e. The summed E-state index contributed by atoms with van der Waals surface area (Å²) in [5.41, 5.74) is 6.22. The second-order valence-corrected chi connectivity index (χ2v) is 8.69. The van der Waals surface area contributed by atoms with Crippen molar-refractivity contribution < 1.29 is 27.9 Å². The Bertz CT molecular complexity index is 792. The van der Waals surface area contributed by atoms with Gasteiger partial charge in [-0.3, -0.25) is 9.59 Å². The van der Waals surface area contributed by atoms with Gasteiger partial charge in [0.05, 0.1) is 6.10 Å². The third kappa shape index (κ3) is 6.43. The minimum atomic E-state index is -1.23. The van der Waals surface area contributed by atoms with Crippen LogP contribution in [-0.2, 0) is 16.0 Å². The first-order valence-corrected chi connectivity index (χ1v) is 10.9. The Kier molecular flexibility index (Phi) is 7.94. The number of aliphatic hydroxyl groups is 1. The fraction of sp³-hybridized carbons (Fsp3) is 0.636. The molecule has 1 aromatic carbocycles. The van der Waals surface area contributed by atoms with Crippen molar-refractivity contribution in [2.45, 2.75) is 69.6 Å². The number of hydrogen-bond donors (Lipinski definition) is 3. The summed E-state index contributed by atoms with van der Waals surface area (Å²) in [6.45, 7) is 0.890. The maximum absolute atomic E-state index is 13.9. The van der Waals surface area contributed by atoms with E-state index in [2.05, 4.69) is 5.32 Å². The molecule has 1 saturated heterocycles. The van der Waals surface area contributed by atoms with E-state index in [-0.39, 0.29) is 48.3 Å². The Labute approximate surface area is 180 Å². The van der Waals surface area contributed by atoms with E-state index in [1.165, 1.54) is 0 Å². The molecule has 2 aliphatic rings. The molecule has 0 bridgehead atoms. The number of nitrogens with zero attached hydrogens (tertiary/aromatic N) is 1. The van der Waals surface area contributed by atoms with Crippen LogP contribution in [0.3, 0.4) is 0 Å². The Balaban J connectivity index is 1.42. The minimum absolute atomic E-state index is 0.00382. The average Bonchev–Trinajstić information content (AvgIpc) is 2.73. The third-order valence-electron chi connectivity index (χ3n) is 6.42. The number of carbonyl (C=O) groups excluding carboxylic acids is 2. The van der Waals surface area contributed by atoms with Crippen LogP contribution in [0.25, 0.3) is 0 Å². The third-order valence-corrected chi connectivity index (χ3v) is 6.42. The van der Waals surface area contributed by atoms with Crippen molar-refractivity contribution in [2.75, 3.05) is 13.1 Å². The van der Waals surface area contributed by atoms with Crippen LogP contribution < -0.4 is 11.1 Å². The predicted molar refractivity (Wildman–Crippen MR) is 108 cm³/mol. The number of nitrogens with two attached hydrogens (primary N) is 1. The Hall–Kier alpha value is -2.13. The lowest BCUT2D eigenvalue weighted by Gasteiger charge is -2.35. The molecule has 1 heterocycles. The van der Waals surface area contributed by atoms with E-state index in [4.69, 9.17) is 5.73 Å². The van der Waals surface area contributed by atoms with Gasteiger partial charge in [-0.1, -0.05) is 0 Å². The number of halogens is 3. The maximum Gasteiger partial charge on any atom is 0.232 e. The SMILES string of the molecule is N[C@H](Cc1cc(F)c(F)cc1F)C1CCN(C(=O)CC(=O)NC2CCC(O)CC2)CC1. The number of aliphatic hydroxyl groups excluding tert-OH is 1. The van der Waals surface area contributed by atoms with Crippen LogP contribution >= 0.6 is 0 Å². The van der Waals surface area contributed by atoms with Gasteiger partial charge >= 0.3 is 0 Å². The van der Waals surface area contributed by atoms with Crippen molar-refractivity contribution >= 4 is 11.8 Å². The number of nitrogens with one attached hydrogen (secondary N) is 1. The van der Waals surface area contributed by atoms with E-state index in [0.29, 0.717) is 57.7 Å². The molecule has 1 aliphatic carbocycles. The van der Waals surface area contributed by atoms with Gasteiger partial charge in [-0.2, -0.15) is 0 Å². The van der Waals surface area contributed by atoms with Gasteiger partial charge in [0.25, 0.3) is 0 Å². The average molecular weight is 441 g/mol. The highest BCUT2D eigenvalue weighted by molar-refractivity contribution is 5.97. The zero-order valence-corrected chi connectivity index (χ0v) is 17.5. The van der Waals surface area contributed by atoms with Gasteiger partial charge in [0, 0.05) is 31.2 Å². The summed E-state index contributed by atoms with van der Waals surface area (Å²) in [5, 5.41) is 12.4. The highest BCUT2D eigenvalue weighted by atomic mass is 19.2. The summed E-state index contributed by atoms with van der Waals surface area (Å²) in [6.07, 6.45) is 3.49. The standard InChI is InChI=1S/C22H30F3N3O3/c23-17-11-19(25)18(24)9-14(17)10-20(26)13-5-7-28(8-6-13)22(31)12-21(30)27-15-1-3-16(29)4-2-15/h9,11,13,15-16,20,29H,1-8,10,12,26H2,(H,27,30)/t15?,16?,20-/m1/s1. The lowest BCUT2D eigenvalue weighted by molar-refractivity contribution is -0.137. The van der Waals surface area contributed by atoms with Gasteiger partial charge in [-0.05, 0) is 62.5 Å². The van der Waals surface area contributed by atoms with Crippen molar-refractivity contribution in [2.24, 2.45) is 11.7 Å². The molecule has 31 heavy (non-hydrogen) atoms. The highest BCUT2D eigenvalue weighted by Gasteiger charge is 2.29. The number of likely N-dealkylation sites (tertiary alicyclic amines) is 1. The quantitative estimate of drug-likeness (QED) is 0.465. The van der Waals surface area contributed by atoms with Crippen molar-refractivity contribution in [3.8, 4) is 0 Å². The van der Waals surface area contributed by atoms with E-state index >= 15 is 0 Å². The van der Waals surface area contributed by atoms with Crippen LogP contribution in [-0.4, -0.2) is 53.1 Å². The molecule has 1 atom stereocenters. The summed E-state index contributed by atoms with van der Waals surface area (Å²) in [7, 11) is 0. The molecule has 172 valence electrons. The fourth-order valence-corrected chi connectivity index (χ4v) is 4.47. The zero-order chi connectivity index (χ0) is 22.5. The van der Waals surface area contributed by atoms with Gasteiger partial charge in [-0.15, -0.1) is 0 Å². The number of rotatable bonds is 6. The number of carbonyl (C=O) groups is 2. The van der Waals surface area contributed by atoms with Crippen LogP contribution in [0.4, 0.5) is 13.2 Å². The van der Waals surface area contributed by atoms with Crippen LogP contribution in [0, 0.1) is 23.4 Å². The lowest BCUT2D eigenvalue weighted by atomic mass is 9.86. The highest BCUT2D eigenvalue weighted by Crippen LogP contribution is 2.24. The second-order valence-electron chi connectivity index (χ2n) is 8.69. The molecule has 3 rings (SSSR count). The first kappa shape index (κ1) is 23.5. The monoisotopic (exact) mass is 441 g/mol. The molecular weight excluding hydrogens is 411 g/mol. The summed E-state index contributed by atoms with van der Waals surface area (Å²) in [4.78, 5) is 26.3. The molecule has 6 nitrogen and oxygen atoms in total. The summed E-state index contributed by atoms with van der Waals surface area (Å²) in [5.74, 6) is -3.69. The van der Waals surface area contributed by atoms with Crippen LogP contribution in [0.5, 0.6) is 0 Å². The summed E-state index contributed by atoms with van der Waals surface area (Å²) >= 11 is 0. The van der Waals surface area contributed by atoms with Gasteiger partial charge in [0.15, 0.2) is 11.6 Å².